The van der Waals surface area contributed by atoms with Gasteiger partial charge in [-0.2, -0.15) is 0 Å². The van der Waals surface area contributed by atoms with Crippen LogP contribution in [0.2, 0.25) is 0 Å². The van der Waals surface area contributed by atoms with E-state index in [4.69, 9.17) is 9.63 Å². The molecule has 0 heterocycles. The molecule has 1 unspecified atom stereocenters. The van der Waals surface area contributed by atoms with Crippen LogP contribution >= 0.6 is 7.60 Å². The highest BCUT2D eigenvalue weighted by Crippen LogP contribution is 2.49. The van der Waals surface area contributed by atoms with E-state index in [0.29, 0.717) is 0 Å². The average Bonchev–Trinajstić information content (AvgIpc) is 2.57. The molecule has 8 heteroatoms. The first-order valence-electron chi connectivity index (χ1n) is 8.74. The number of nitrogens with one attached hydrogen (secondary N) is 1. The summed E-state index contributed by atoms with van der Waals surface area (Å²) < 4.78 is 18.3. The lowest BCUT2D eigenvalue weighted by atomic mass is 10.1. The Kier molecular flexibility index (Phi) is 6.65. The van der Waals surface area contributed by atoms with Gasteiger partial charge in [0.2, 0.25) is 0 Å². The van der Waals surface area contributed by atoms with Gasteiger partial charge in [-0.15, -0.1) is 0 Å². The molecule has 0 spiro atoms. The molecule has 0 aliphatic rings. The number of aryl methyl sites for hydroxylation is 2. The molecule has 7 nitrogen and oxygen atoms in total. The molecule has 0 saturated heterocycles. The van der Waals surface area contributed by atoms with Crippen molar-refractivity contribution in [1.29, 1.82) is 0 Å². The summed E-state index contributed by atoms with van der Waals surface area (Å²) in [5.74, 6) is -2.96. The van der Waals surface area contributed by atoms with Gasteiger partial charge in [0.1, 0.15) is 11.5 Å². The zero-order valence-electron chi connectivity index (χ0n) is 16.2. The molecule has 0 fully saturated rings. The maximum Gasteiger partial charge on any atom is 0.399 e. The van der Waals surface area contributed by atoms with Crippen LogP contribution in [-0.2, 0) is 4.57 Å². The van der Waals surface area contributed by atoms with Gasteiger partial charge in [-0.1, -0.05) is 19.9 Å². The molecule has 28 heavy (non-hydrogen) atoms. The van der Waals surface area contributed by atoms with Crippen molar-refractivity contribution in [1.82, 2.24) is 5.32 Å². The molecular weight excluding hydrogens is 381 g/mol. The number of amides is 1. The van der Waals surface area contributed by atoms with E-state index in [1.807, 2.05) is 19.9 Å². The lowest BCUT2D eigenvalue weighted by Gasteiger charge is -2.27. The maximum absolute atomic E-state index is 12.9. The molecule has 2 atom stereocenters. The molecule has 150 valence electrons. The van der Waals surface area contributed by atoms with E-state index in [2.05, 4.69) is 5.32 Å². The minimum Gasteiger partial charge on any atom is -0.478 e. The van der Waals surface area contributed by atoms with Crippen LogP contribution in [-0.4, -0.2) is 27.7 Å². The van der Waals surface area contributed by atoms with Crippen LogP contribution in [0.25, 0.3) is 0 Å². The second-order valence-electron chi connectivity index (χ2n) is 7.02. The maximum atomic E-state index is 12.9. The van der Waals surface area contributed by atoms with Crippen LogP contribution in [0.3, 0.4) is 0 Å². The van der Waals surface area contributed by atoms with Crippen molar-refractivity contribution in [2.75, 3.05) is 0 Å². The predicted octanol–water partition coefficient (Wildman–Crippen LogP) is 3.98. The molecule has 0 aromatic heterocycles. The van der Waals surface area contributed by atoms with Crippen molar-refractivity contribution in [2.45, 2.75) is 33.5 Å². The Morgan fingerprint density at radius 2 is 1.50 bits per heavy atom. The van der Waals surface area contributed by atoms with E-state index in [9.17, 15) is 19.0 Å². The number of aromatic carboxylic acids is 1. The Morgan fingerprint density at radius 1 is 1.00 bits per heavy atom. The van der Waals surface area contributed by atoms with Gasteiger partial charge in [0, 0.05) is 5.56 Å². The fourth-order valence-corrected chi connectivity index (χ4v) is 4.36. The molecule has 0 radical (unpaired) electrons. The largest absolute Gasteiger partial charge is 0.478 e. The monoisotopic (exact) mass is 405 g/mol. The van der Waals surface area contributed by atoms with Gasteiger partial charge >= 0.3 is 13.6 Å². The normalized spacial score (nSPS) is 14.2. The van der Waals surface area contributed by atoms with Crippen LogP contribution in [0, 0.1) is 19.8 Å². The lowest BCUT2D eigenvalue weighted by Crippen LogP contribution is -2.39. The summed E-state index contributed by atoms with van der Waals surface area (Å²) >= 11 is 0. The Hall–Kier alpha value is -2.63. The zero-order valence-corrected chi connectivity index (χ0v) is 17.1. The van der Waals surface area contributed by atoms with Crippen LogP contribution < -0.4 is 9.84 Å². The van der Waals surface area contributed by atoms with Gasteiger partial charge < -0.3 is 19.8 Å². The minimum absolute atomic E-state index is 0.0444. The number of rotatable bonds is 7. The number of carboxylic acids is 1. The SMILES string of the molecule is Cc1cc(C)cc(OP(=O)(O)[C@@H](NC(=O)c2ccc(C(=O)O)cc2)C(C)C)c1. The number of carboxylic acid groups (broad SMARTS) is 1. The fraction of sp³-hybridized carbons (Fsp3) is 0.300. The molecule has 2 aromatic carbocycles. The smallest absolute Gasteiger partial charge is 0.399 e. The third-order valence-electron chi connectivity index (χ3n) is 4.09. The third kappa shape index (κ3) is 5.44. The predicted molar refractivity (Wildman–Crippen MR) is 106 cm³/mol. The number of carbonyl (C=O) groups is 2. The summed E-state index contributed by atoms with van der Waals surface area (Å²) in [5.41, 5.74) is 2.00. The highest BCUT2D eigenvalue weighted by molar-refractivity contribution is 7.54. The third-order valence-corrected chi connectivity index (χ3v) is 5.99. The highest BCUT2D eigenvalue weighted by atomic mass is 31.2. The van der Waals surface area contributed by atoms with Crippen LogP contribution in [0.1, 0.15) is 45.7 Å². The topological polar surface area (TPSA) is 113 Å². The number of hydrogen-bond acceptors (Lipinski definition) is 4. The lowest BCUT2D eigenvalue weighted by molar-refractivity contribution is 0.0696. The average molecular weight is 405 g/mol. The Labute approximate surface area is 163 Å². The first kappa shape index (κ1) is 21.7. The van der Waals surface area contributed by atoms with E-state index < -0.39 is 25.3 Å². The second kappa shape index (κ2) is 8.59. The molecule has 2 aromatic rings. The Balaban J connectivity index is 2.22. The van der Waals surface area contributed by atoms with Crippen LogP contribution in [0.15, 0.2) is 42.5 Å². The second-order valence-corrected chi connectivity index (χ2v) is 8.89. The molecule has 1 amide bonds. The van der Waals surface area contributed by atoms with Gasteiger partial charge in [0.15, 0.2) is 0 Å². The summed E-state index contributed by atoms with van der Waals surface area (Å²) in [6.45, 7) is 7.10. The quantitative estimate of drug-likeness (QED) is 0.601. The van der Waals surface area contributed by atoms with Crippen molar-refractivity contribution in [2.24, 2.45) is 5.92 Å². The van der Waals surface area contributed by atoms with E-state index >= 15 is 0 Å². The molecular formula is C20H24NO6P. The van der Waals surface area contributed by atoms with Gasteiger partial charge in [-0.25, -0.2) is 9.36 Å². The van der Waals surface area contributed by atoms with E-state index in [1.54, 1.807) is 26.0 Å². The van der Waals surface area contributed by atoms with Crippen LogP contribution in [0.5, 0.6) is 5.75 Å². The Bertz CT molecular complexity index is 903. The minimum atomic E-state index is -4.25. The first-order chi connectivity index (χ1) is 13.0. The summed E-state index contributed by atoms with van der Waals surface area (Å²) in [6, 6.07) is 10.5. The van der Waals surface area contributed by atoms with Gasteiger partial charge in [-0.3, -0.25) is 4.79 Å². The molecule has 0 aliphatic carbocycles. The van der Waals surface area contributed by atoms with E-state index in [0.717, 1.165) is 11.1 Å². The first-order valence-corrected chi connectivity index (χ1v) is 10.4. The van der Waals surface area contributed by atoms with Gasteiger partial charge in [0.05, 0.1) is 5.56 Å². The van der Waals surface area contributed by atoms with Crippen molar-refractivity contribution in [3.8, 4) is 5.75 Å². The standard InChI is InChI=1S/C20H24NO6P/c1-12(2)19(21-18(22)15-5-7-16(8-6-15)20(23)24)28(25,26)27-17-10-13(3)9-14(4)11-17/h5-12,19H,1-4H3,(H,21,22)(H,23,24)(H,25,26)/t19-/m1/s1. The number of carbonyl (C=O) groups excluding carboxylic acids is 1. The van der Waals surface area contributed by atoms with Crippen molar-refractivity contribution >= 4 is 19.5 Å². The van der Waals surface area contributed by atoms with Crippen molar-refractivity contribution in [3.05, 3.63) is 64.7 Å². The number of hydrogen-bond donors (Lipinski definition) is 3. The molecule has 0 saturated carbocycles. The Morgan fingerprint density at radius 3 is 1.96 bits per heavy atom. The number of benzene rings is 2. The van der Waals surface area contributed by atoms with Crippen molar-refractivity contribution < 1.29 is 28.7 Å². The highest BCUT2D eigenvalue weighted by Gasteiger charge is 2.38. The summed E-state index contributed by atoms with van der Waals surface area (Å²) in [6.07, 6.45) is 0. The zero-order chi connectivity index (χ0) is 21.1. The summed E-state index contributed by atoms with van der Waals surface area (Å²) in [5, 5.41) is 11.5. The van der Waals surface area contributed by atoms with E-state index in [1.165, 1.54) is 24.3 Å². The molecule has 3 N–H and O–H groups in total. The summed E-state index contributed by atoms with van der Waals surface area (Å²) in [7, 11) is -4.25. The van der Waals surface area contributed by atoms with Gasteiger partial charge in [-0.05, 0) is 67.3 Å². The summed E-state index contributed by atoms with van der Waals surface area (Å²) in [4.78, 5) is 34.0. The molecule has 2 rings (SSSR count). The molecule has 0 aliphatic heterocycles. The fourth-order valence-electron chi connectivity index (χ4n) is 2.80. The van der Waals surface area contributed by atoms with Crippen molar-refractivity contribution in [3.63, 3.8) is 0 Å². The van der Waals surface area contributed by atoms with Crippen LogP contribution in [0.4, 0.5) is 0 Å². The van der Waals surface area contributed by atoms with E-state index in [-0.39, 0.29) is 22.8 Å². The van der Waals surface area contributed by atoms with Gasteiger partial charge in [0.25, 0.3) is 5.91 Å². The molecule has 0 bridgehead atoms.